The van der Waals surface area contributed by atoms with E-state index in [2.05, 4.69) is 10.3 Å². The Labute approximate surface area is 130 Å². The molecular weight excluding hydrogens is 308 g/mol. The molecule has 106 valence electrons. The molecule has 0 fully saturated rings. The highest BCUT2D eigenvalue weighted by atomic mass is 35.5. The number of fused-ring (bicyclic) bond motifs is 1. The van der Waals surface area contributed by atoms with Crippen LogP contribution in [0.2, 0.25) is 5.02 Å². The summed E-state index contributed by atoms with van der Waals surface area (Å²) in [6, 6.07) is 14.6. The SMILES string of the molecule is O=C(COc1ccc(Cl)cc1)Nc1nc2ccccc2s1. The zero-order valence-corrected chi connectivity index (χ0v) is 12.4. The summed E-state index contributed by atoms with van der Waals surface area (Å²) in [6.07, 6.45) is 0. The Morgan fingerprint density at radius 3 is 2.71 bits per heavy atom. The lowest BCUT2D eigenvalue weighted by molar-refractivity contribution is -0.118. The van der Waals surface area contributed by atoms with Crippen LogP contribution in [-0.4, -0.2) is 17.5 Å². The predicted molar refractivity (Wildman–Crippen MR) is 85.2 cm³/mol. The summed E-state index contributed by atoms with van der Waals surface area (Å²) < 4.78 is 6.41. The second kappa shape index (κ2) is 6.11. The minimum absolute atomic E-state index is 0.0719. The first-order valence-corrected chi connectivity index (χ1v) is 7.44. The van der Waals surface area contributed by atoms with Crippen molar-refractivity contribution >= 4 is 44.2 Å². The van der Waals surface area contributed by atoms with Crippen LogP contribution in [0.3, 0.4) is 0 Å². The van der Waals surface area contributed by atoms with E-state index in [1.807, 2.05) is 24.3 Å². The summed E-state index contributed by atoms with van der Waals surface area (Å²) in [4.78, 5) is 16.2. The Kier molecular flexibility index (Phi) is 4.03. The van der Waals surface area contributed by atoms with Gasteiger partial charge in [-0.05, 0) is 36.4 Å². The number of carbonyl (C=O) groups excluding carboxylic acids is 1. The number of hydrogen-bond donors (Lipinski definition) is 1. The van der Waals surface area contributed by atoms with E-state index < -0.39 is 0 Å². The van der Waals surface area contributed by atoms with Crippen molar-refractivity contribution in [2.45, 2.75) is 0 Å². The van der Waals surface area contributed by atoms with Crippen LogP contribution < -0.4 is 10.1 Å². The van der Waals surface area contributed by atoms with E-state index in [9.17, 15) is 4.79 Å². The van der Waals surface area contributed by atoms with Gasteiger partial charge in [0.2, 0.25) is 0 Å². The molecule has 21 heavy (non-hydrogen) atoms. The third-order valence-corrected chi connectivity index (χ3v) is 3.93. The van der Waals surface area contributed by atoms with E-state index in [-0.39, 0.29) is 12.5 Å². The van der Waals surface area contributed by atoms with Gasteiger partial charge in [-0.15, -0.1) is 0 Å². The molecule has 0 unspecified atom stereocenters. The number of nitrogens with one attached hydrogen (secondary N) is 1. The average molecular weight is 319 g/mol. The van der Waals surface area contributed by atoms with Gasteiger partial charge in [0.25, 0.3) is 5.91 Å². The number of nitrogens with zero attached hydrogens (tertiary/aromatic N) is 1. The minimum atomic E-state index is -0.246. The van der Waals surface area contributed by atoms with Gasteiger partial charge in [0.05, 0.1) is 10.2 Å². The number of benzene rings is 2. The standard InChI is InChI=1S/C15H11ClN2O2S/c16-10-5-7-11(8-6-10)20-9-14(19)18-15-17-12-3-1-2-4-13(12)21-15/h1-8H,9H2,(H,17,18,19). The molecule has 3 rings (SSSR count). The summed E-state index contributed by atoms with van der Waals surface area (Å²) in [6.45, 7) is -0.0719. The van der Waals surface area contributed by atoms with Gasteiger partial charge >= 0.3 is 0 Å². The molecule has 0 bridgehead atoms. The van der Waals surface area contributed by atoms with Gasteiger partial charge in [-0.1, -0.05) is 35.1 Å². The third kappa shape index (κ3) is 3.51. The van der Waals surface area contributed by atoms with E-state index in [4.69, 9.17) is 16.3 Å². The molecule has 1 N–H and O–H groups in total. The molecule has 1 aromatic heterocycles. The molecule has 0 radical (unpaired) electrons. The fourth-order valence-electron chi connectivity index (χ4n) is 1.76. The van der Waals surface area contributed by atoms with Crippen LogP contribution in [0.15, 0.2) is 48.5 Å². The molecule has 0 aliphatic rings. The van der Waals surface area contributed by atoms with Gasteiger partial charge in [0.15, 0.2) is 11.7 Å². The van der Waals surface area contributed by atoms with Crippen molar-refractivity contribution in [3.63, 3.8) is 0 Å². The number of halogens is 1. The van der Waals surface area contributed by atoms with E-state index >= 15 is 0 Å². The van der Waals surface area contributed by atoms with Gasteiger partial charge < -0.3 is 4.74 Å². The molecule has 0 spiro atoms. The summed E-state index contributed by atoms with van der Waals surface area (Å²) in [5.74, 6) is 0.350. The number of amides is 1. The molecule has 4 nitrogen and oxygen atoms in total. The van der Waals surface area contributed by atoms with E-state index in [0.717, 1.165) is 10.2 Å². The number of carbonyl (C=O) groups is 1. The summed E-state index contributed by atoms with van der Waals surface area (Å²) >= 11 is 7.21. The smallest absolute Gasteiger partial charge is 0.264 e. The quantitative estimate of drug-likeness (QED) is 0.792. The molecule has 0 aliphatic carbocycles. The number of aromatic nitrogens is 1. The zero-order chi connectivity index (χ0) is 14.7. The first-order chi connectivity index (χ1) is 10.2. The maximum absolute atomic E-state index is 11.8. The van der Waals surface area contributed by atoms with Crippen molar-refractivity contribution in [1.82, 2.24) is 4.98 Å². The normalized spacial score (nSPS) is 10.5. The number of anilines is 1. The number of para-hydroxylation sites is 1. The first-order valence-electron chi connectivity index (χ1n) is 6.24. The van der Waals surface area contributed by atoms with Crippen molar-refractivity contribution < 1.29 is 9.53 Å². The number of rotatable bonds is 4. The zero-order valence-electron chi connectivity index (χ0n) is 10.9. The molecule has 0 aliphatic heterocycles. The van der Waals surface area contributed by atoms with E-state index in [0.29, 0.717) is 15.9 Å². The highest BCUT2D eigenvalue weighted by Crippen LogP contribution is 2.25. The fraction of sp³-hybridized carbons (Fsp3) is 0.0667. The lowest BCUT2D eigenvalue weighted by atomic mass is 10.3. The van der Waals surface area contributed by atoms with Gasteiger partial charge in [-0.2, -0.15) is 0 Å². The Morgan fingerprint density at radius 2 is 1.95 bits per heavy atom. The molecule has 0 saturated heterocycles. The van der Waals surface area contributed by atoms with Crippen LogP contribution in [0.25, 0.3) is 10.2 Å². The Balaban J connectivity index is 1.59. The molecule has 1 amide bonds. The number of thiazole rings is 1. The lowest BCUT2D eigenvalue weighted by Gasteiger charge is -2.05. The number of hydrogen-bond acceptors (Lipinski definition) is 4. The first kappa shape index (κ1) is 13.9. The summed E-state index contributed by atoms with van der Waals surface area (Å²) in [7, 11) is 0. The molecule has 0 saturated carbocycles. The maximum atomic E-state index is 11.8. The highest BCUT2D eigenvalue weighted by Gasteiger charge is 2.08. The molecule has 2 aromatic carbocycles. The second-order valence-corrected chi connectivity index (χ2v) is 5.74. The fourth-order valence-corrected chi connectivity index (χ4v) is 2.77. The molecule has 0 atom stereocenters. The van der Waals surface area contributed by atoms with Crippen molar-refractivity contribution in [2.75, 3.05) is 11.9 Å². The van der Waals surface area contributed by atoms with Gasteiger partial charge in [0, 0.05) is 5.02 Å². The van der Waals surface area contributed by atoms with Crippen molar-refractivity contribution in [2.24, 2.45) is 0 Å². The number of ether oxygens (including phenoxy) is 1. The van der Waals surface area contributed by atoms with Crippen LogP contribution in [0.4, 0.5) is 5.13 Å². The van der Waals surface area contributed by atoms with Crippen LogP contribution >= 0.6 is 22.9 Å². The molecular formula is C15H11ClN2O2S. The topological polar surface area (TPSA) is 51.2 Å². The average Bonchev–Trinajstić information content (AvgIpc) is 2.88. The highest BCUT2D eigenvalue weighted by molar-refractivity contribution is 7.22. The summed E-state index contributed by atoms with van der Waals surface area (Å²) in [5, 5.41) is 3.93. The maximum Gasteiger partial charge on any atom is 0.264 e. The van der Waals surface area contributed by atoms with Crippen LogP contribution in [0.5, 0.6) is 5.75 Å². The van der Waals surface area contributed by atoms with Crippen LogP contribution in [-0.2, 0) is 4.79 Å². The van der Waals surface area contributed by atoms with Crippen molar-refractivity contribution in [3.05, 3.63) is 53.6 Å². The molecule has 6 heteroatoms. The predicted octanol–water partition coefficient (Wildman–Crippen LogP) is 3.97. The monoisotopic (exact) mass is 318 g/mol. The summed E-state index contributed by atoms with van der Waals surface area (Å²) in [5.41, 5.74) is 0.872. The lowest BCUT2D eigenvalue weighted by Crippen LogP contribution is -2.19. The Bertz CT molecular complexity index is 738. The van der Waals surface area contributed by atoms with Crippen LogP contribution in [0, 0.1) is 0 Å². The molecule has 1 heterocycles. The third-order valence-electron chi connectivity index (χ3n) is 2.72. The second-order valence-electron chi connectivity index (χ2n) is 4.28. The largest absolute Gasteiger partial charge is 0.484 e. The van der Waals surface area contributed by atoms with E-state index in [1.165, 1.54) is 11.3 Å². The van der Waals surface area contributed by atoms with Crippen LogP contribution in [0.1, 0.15) is 0 Å². The Hall–Kier alpha value is -2.11. The Morgan fingerprint density at radius 1 is 1.19 bits per heavy atom. The van der Waals surface area contributed by atoms with Gasteiger partial charge in [-0.3, -0.25) is 10.1 Å². The van der Waals surface area contributed by atoms with Gasteiger partial charge in [-0.25, -0.2) is 4.98 Å². The van der Waals surface area contributed by atoms with Gasteiger partial charge in [0.1, 0.15) is 5.75 Å². The van der Waals surface area contributed by atoms with E-state index in [1.54, 1.807) is 24.3 Å². The van der Waals surface area contributed by atoms with Crippen molar-refractivity contribution in [3.8, 4) is 5.75 Å². The molecule has 3 aromatic rings. The minimum Gasteiger partial charge on any atom is -0.484 e. The van der Waals surface area contributed by atoms with Crippen molar-refractivity contribution in [1.29, 1.82) is 0 Å².